The van der Waals surface area contributed by atoms with Crippen LogP contribution in [0.15, 0.2) is 60.8 Å². The lowest BCUT2D eigenvalue weighted by atomic mass is 9.58. The first-order valence-electron chi connectivity index (χ1n) is 15.7. The van der Waals surface area contributed by atoms with E-state index < -0.39 is 34.6 Å². The number of carbonyl (C=O) groups excluding carboxylic acids is 2. The van der Waals surface area contributed by atoms with E-state index in [-0.39, 0.29) is 30.1 Å². The van der Waals surface area contributed by atoms with Crippen molar-refractivity contribution in [3.05, 3.63) is 83.2 Å². The van der Waals surface area contributed by atoms with Gasteiger partial charge in [0.05, 0.1) is 23.8 Å². The maximum absolute atomic E-state index is 14.4. The van der Waals surface area contributed by atoms with Gasteiger partial charge in [-0.25, -0.2) is 14.8 Å². The maximum Gasteiger partial charge on any atom is 0.419 e. The van der Waals surface area contributed by atoms with Gasteiger partial charge in [-0.1, -0.05) is 48.9 Å². The number of methoxy groups -OCH3 is 1. The predicted molar refractivity (Wildman–Crippen MR) is 168 cm³/mol. The molecule has 1 saturated heterocycles. The molecule has 2 fully saturated rings. The van der Waals surface area contributed by atoms with Crippen LogP contribution >= 0.6 is 0 Å². The van der Waals surface area contributed by atoms with Gasteiger partial charge in [0.25, 0.3) is 0 Å². The molecule has 2 aliphatic rings. The number of benzene rings is 2. The topological polar surface area (TPSA) is 93.7 Å². The number of hydrogen-bond donors (Lipinski definition) is 1. The predicted octanol–water partition coefficient (Wildman–Crippen LogP) is 8.02. The van der Waals surface area contributed by atoms with Crippen LogP contribution in [0.4, 0.5) is 29.6 Å². The largest absolute Gasteiger partial charge is 0.469 e. The minimum absolute atomic E-state index is 0.0128. The van der Waals surface area contributed by atoms with Crippen molar-refractivity contribution in [2.24, 2.45) is 5.41 Å². The fourth-order valence-corrected chi connectivity index (χ4v) is 6.49. The van der Waals surface area contributed by atoms with E-state index in [0.29, 0.717) is 38.0 Å². The van der Waals surface area contributed by atoms with Crippen LogP contribution in [0.1, 0.15) is 87.1 Å². The Hall–Kier alpha value is -4.15. The van der Waals surface area contributed by atoms with Crippen LogP contribution in [0.5, 0.6) is 0 Å². The highest BCUT2D eigenvalue weighted by Gasteiger charge is 2.54. The summed E-state index contributed by atoms with van der Waals surface area (Å²) in [4.78, 5) is 35.8. The highest BCUT2D eigenvalue weighted by molar-refractivity contribution is 5.79. The number of anilines is 2. The Morgan fingerprint density at radius 1 is 1.02 bits per heavy atom. The van der Waals surface area contributed by atoms with E-state index in [1.807, 2.05) is 75.4 Å². The molecule has 11 heteroatoms. The van der Waals surface area contributed by atoms with Gasteiger partial charge in [0.1, 0.15) is 5.60 Å². The van der Waals surface area contributed by atoms with E-state index in [4.69, 9.17) is 9.47 Å². The number of amides is 1. The number of aromatic nitrogens is 2. The van der Waals surface area contributed by atoms with Crippen molar-refractivity contribution >= 4 is 23.7 Å². The lowest BCUT2D eigenvalue weighted by Gasteiger charge is -2.45. The third-order valence-corrected chi connectivity index (χ3v) is 9.03. The highest BCUT2D eigenvalue weighted by atomic mass is 19.4. The van der Waals surface area contributed by atoms with Gasteiger partial charge in [0.2, 0.25) is 5.95 Å². The first kappa shape index (κ1) is 33.2. The van der Waals surface area contributed by atoms with Gasteiger partial charge < -0.3 is 19.7 Å². The van der Waals surface area contributed by atoms with Crippen molar-refractivity contribution in [3.8, 4) is 0 Å². The molecular weight excluding hydrogens is 597 g/mol. The van der Waals surface area contributed by atoms with Crippen LogP contribution in [0.2, 0.25) is 0 Å². The minimum Gasteiger partial charge on any atom is -0.469 e. The zero-order valence-corrected chi connectivity index (χ0v) is 26.7. The van der Waals surface area contributed by atoms with Crippen LogP contribution in [0.3, 0.4) is 0 Å². The molecule has 1 saturated carbocycles. The summed E-state index contributed by atoms with van der Waals surface area (Å²) in [5, 5.41) is 3.07. The molecule has 0 bridgehead atoms. The van der Waals surface area contributed by atoms with Crippen LogP contribution < -0.4 is 5.32 Å². The van der Waals surface area contributed by atoms with E-state index in [1.54, 1.807) is 4.90 Å². The Morgan fingerprint density at radius 2 is 1.67 bits per heavy atom. The fourth-order valence-electron chi connectivity index (χ4n) is 6.49. The number of hydrogen-bond acceptors (Lipinski definition) is 7. The molecule has 3 aromatic rings. The zero-order valence-electron chi connectivity index (χ0n) is 26.7. The van der Waals surface area contributed by atoms with Crippen molar-refractivity contribution in [1.29, 1.82) is 0 Å². The Kier molecular flexibility index (Phi) is 9.60. The number of piperidine rings is 1. The van der Waals surface area contributed by atoms with Crippen LogP contribution in [-0.4, -0.2) is 52.7 Å². The van der Waals surface area contributed by atoms with E-state index in [1.165, 1.54) is 7.11 Å². The lowest BCUT2D eigenvalue weighted by molar-refractivity contribution is -0.162. The summed E-state index contributed by atoms with van der Waals surface area (Å²) in [6.07, 6.45) is -0.893. The Labute approximate surface area is 267 Å². The van der Waals surface area contributed by atoms with Crippen LogP contribution in [0, 0.1) is 5.41 Å². The van der Waals surface area contributed by atoms with Gasteiger partial charge >= 0.3 is 18.2 Å². The summed E-state index contributed by atoms with van der Waals surface area (Å²) in [6.45, 7) is 6.73. The summed E-state index contributed by atoms with van der Waals surface area (Å²) in [7, 11) is 1.27. The summed E-state index contributed by atoms with van der Waals surface area (Å²) < 4.78 is 53.9. The Bertz CT molecular complexity index is 1510. The summed E-state index contributed by atoms with van der Waals surface area (Å²) in [5.74, 6) is -1.12. The quantitative estimate of drug-likeness (QED) is 0.250. The molecule has 1 aliphatic heterocycles. The van der Waals surface area contributed by atoms with Gasteiger partial charge in [0.15, 0.2) is 0 Å². The fraction of sp³-hybridized carbons (Fsp3) is 0.486. The minimum atomic E-state index is -4.72. The van der Waals surface area contributed by atoms with Gasteiger partial charge in [-0.2, -0.15) is 13.2 Å². The van der Waals surface area contributed by atoms with Gasteiger partial charge in [-0.05, 0) is 82.1 Å². The number of nitrogens with zero attached hydrogens (tertiary/aromatic N) is 3. The molecule has 2 aromatic carbocycles. The normalized spacial score (nSPS) is 17.5. The van der Waals surface area contributed by atoms with Gasteiger partial charge in [-0.3, -0.25) is 4.79 Å². The Balaban J connectivity index is 1.37. The monoisotopic (exact) mass is 638 g/mol. The third kappa shape index (κ3) is 7.45. The molecule has 1 aromatic heterocycles. The summed E-state index contributed by atoms with van der Waals surface area (Å²) >= 11 is 0. The number of alkyl halides is 3. The molecule has 246 valence electrons. The Morgan fingerprint density at radius 3 is 2.22 bits per heavy atom. The number of rotatable bonds is 8. The number of esters is 1. The van der Waals surface area contributed by atoms with Crippen molar-refractivity contribution < 1.29 is 32.2 Å². The second-order valence-electron chi connectivity index (χ2n) is 13.2. The maximum atomic E-state index is 14.4. The lowest BCUT2D eigenvalue weighted by Crippen LogP contribution is -2.46. The van der Waals surface area contributed by atoms with Crippen molar-refractivity contribution in [3.63, 3.8) is 0 Å². The number of carbonyl (C=O) groups is 2. The number of nitrogens with one attached hydrogen (secondary N) is 1. The van der Waals surface area contributed by atoms with Crippen LogP contribution in [0.25, 0.3) is 0 Å². The van der Waals surface area contributed by atoms with E-state index in [0.717, 1.165) is 30.2 Å². The van der Waals surface area contributed by atoms with Crippen molar-refractivity contribution in [2.75, 3.05) is 25.5 Å². The highest BCUT2D eigenvalue weighted by Crippen LogP contribution is 2.55. The van der Waals surface area contributed by atoms with E-state index in [9.17, 15) is 22.8 Å². The van der Waals surface area contributed by atoms with Crippen molar-refractivity contribution in [1.82, 2.24) is 14.9 Å². The van der Waals surface area contributed by atoms with E-state index >= 15 is 0 Å². The first-order valence-corrected chi connectivity index (χ1v) is 15.7. The van der Waals surface area contributed by atoms with E-state index in [2.05, 4.69) is 15.3 Å². The molecule has 1 amide bonds. The molecule has 8 nitrogen and oxygen atoms in total. The van der Waals surface area contributed by atoms with Gasteiger partial charge in [0, 0.05) is 30.9 Å². The molecule has 1 atom stereocenters. The second kappa shape index (κ2) is 13.3. The average Bonchev–Trinajstić information content (AvgIpc) is 2.99. The SMILES string of the molecule is COC(=O)C1(C(Cc2ccccc2)c2nc(Nc3ccc(C4CCN(C(=O)OC(C)(C)C)CC4)cc3)ncc2C(F)(F)F)CCC1. The summed E-state index contributed by atoms with van der Waals surface area (Å²) in [6, 6.07) is 16.8. The molecule has 0 spiro atoms. The molecule has 1 aliphatic carbocycles. The number of likely N-dealkylation sites (tertiary alicyclic amines) is 1. The molecule has 2 heterocycles. The molecule has 0 radical (unpaired) electrons. The summed E-state index contributed by atoms with van der Waals surface area (Å²) in [5.41, 5.74) is -0.303. The average molecular weight is 639 g/mol. The molecular formula is C35H41F3N4O4. The van der Waals surface area contributed by atoms with Crippen molar-refractivity contribution in [2.45, 2.75) is 82.9 Å². The molecule has 46 heavy (non-hydrogen) atoms. The smallest absolute Gasteiger partial charge is 0.419 e. The van der Waals surface area contributed by atoms with Crippen LogP contribution in [-0.2, 0) is 26.9 Å². The number of ether oxygens (including phenoxy) is 2. The standard InChI is InChI=1S/C35H41F3N4O4/c1-33(2,3)46-32(44)42-19-15-25(16-20-42)24-11-13-26(14-12-24)40-31-39-22-28(35(36,37)38)29(41-31)27(21-23-9-6-5-7-10-23)34(17-8-18-34)30(43)45-4/h5-7,9-14,22,25,27H,8,15-21H2,1-4H3,(H,39,40,41). The third-order valence-electron chi connectivity index (χ3n) is 9.03. The first-order chi connectivity index (χ1) is 21.8. The number of halogens is 3. The zero-order chi connectivity index (χ0) is 33.1. The van der Waals surface area contributed by atoms with Gasteiger partial charge in [-0.15, -0.1) is 0 Å². The molecule has 5 rings (SSSR count). The molecule has 1 N–H and O–H groups in total. The second-order valence-corrected chi connectivity index (χ2v) is 13.2. The molecule has 1 unspecified atom stereocenters.